The Morgan fingerprint density at radius 2 is 1.89 bits per heavy atom. The van der Waals surface area contributed by atoms with E-state index in [0.29, 0.717) is 32.8 Å². The fraction of sp³-hybridized carbons (Fsp3) is 0.684. The van der Waals surface area contributed by atoms with Gasteiger partial charge in [-0.1, -0.05) is 0 Å². The molecule has 1 aromatic rings. The molecule has 2 saturated heterocycles. The van der Waals surface area contributed by atoms with Crippen LogP contribution >= 0.6 is 0 Å². The first-order valence-electron chi connectivity index (χ1n) is 9.85. The highest BCUT2D eigenvalue weighted by molar-refractivity contribution is 5.82. The minimum atomic E-state index is -0.635. The molecule has 0 radical (unpaired) electrons. The molecule has 2 atom stereocenters. The van der Waals surface area contributed by atoms with E-state index in [-0.39, 0.29) is 23.5 Å². The second kappa shape index (κ2) is 7.42. The average Bonchev–Trinajstić information content (AvgIpc) is 3.37. The van der Waals surface area contributed by atoms with Gasteiger partial charge >= 0.3 is 0 Å². The first-order valence-corrected chi connectivity index (χ1v) is 9.85. The molecule has 8 heteroatoms. The number of fused-ring (bicyclic) bond motifs is 1. The highest BCUT2D eigenvalue weighted by Gasteiger charge is 2.33. The Balaban J connectivity index is 1.39. The number of hydrogen-bond donors (Lipinski definition) is 0. The van der Waals surface area contributed by atoms with Crippen molar-refractivity contribution >= 4 is 11.8 Å². The normalized spacial score (nSPS) is 23.4. The van der Waals surface area contributed by atoms with E-state index in [1.54, 1.807) is 22.8 Å². The summed E-state index contributed by atoms with van der Waals surface area (Å²) >= 11 is 0. The summed E-state index contributed by atoms with van der Waals surface area (Å²) in [6, 6.07) is 0.987. The topological polar surface area (TPSA) is 84.7 Å². The van der Waals surface area contributed by atoms with Crippen LogP contribution in [-0.4, -0.2) is 70.3 Å². The minimum Gasteiger partial charge on any atom is -0.368 e. The molecule has 1 aliphatic carbocycles. The van der Waals surface area contributed by atoms with Crippen molar-refractivity contribution in [2.75, 3.05) is 32.8 Å². The van der Waals surface area contributed by atoms with Gasteiger partial charge in [-0.05, 0) is 44.6 Å². The third-order valence-corrected chi connectivity index (χ3v) is 5.81. The summed E-state index contributed by atoms with van der Waals surface area (Å²) in [6.07, 6.45) is 4.15. The number of piperazine rings is 1. The van der Waals surface area contributed by atoms with Crippen LogP contribution in [-0.2, 0) is 27.2 Å². The zero-order valence-electron chi connectivity index (χ0n) is 15.7. The number of aromatic nitrogens is 2. The van der Waals surface area contributed by atoms with E-state index >= 15 is 0 Å². The molecule has 0 N–H and O–H groups in total. The Kier molecular flexibility index (Phi) is 4.99. The van der Waals surface area contributed by atoms with Crippen molar-refractivity contribution < 1.29 is 14.3 Å². The molecule has 2 aliphatic heterocycles. The predicted octanol–water partition coefficient (Wildman–Crippen LogP) is 0.143. The first kappa shape index (κ1) is 18.2. The van der Waals surface area contributed by atoms with E-state index in [0.717, 1.165) is 43.4 Å². The lowest BCUT2D eigenvalue weighted by atomic mass is 10.2. The molecule has 1 aromatic heterocycles. The summed E-state index contributed by atoms with van der Waals surface area (Å²) in [6.45, 7) is 4.33. The number of hydrogen-bond acceptors (Lipinski definition) is 5. The van der Waals surface area contributed by atoms with Gasteiger partial charge in [0.15, 0.2) is 0 Å². The summed E-state index contributed by atoms with van der Waals surface area (Å²) in [4.78, 5) is 41.2. The molecule has 4 rings (SSSR count). The number of amides is 2. The Bertz CT molecular complexity index is 791. The number of nitrogens with zero attached hydrogens (tertiary/aromatic N) is 4. The second-order valence-corrected chi connectivity index (χ2v) is 7.58. The number of aryl methyl sites for hydroxylation is 2. The molecule has 8 nitrogen and oxygen atoms in total. The Hall–Kier alpha value is -2.22. The van der Waals surface area contributed by atoms with Crippen molar-refractivity contribution in [3.05, 3.63) is 27.7 Å². The molecule has 0 unspecified atom stereocenters. The summed E-state index contributed by atoms with van der Waals surface area (Å²) in [5.41, 5.74) is 1.72. The zero-order valence-corrected chi connectivity index (χ0v) is 15.7. The van der Waals surface area contributed by atoms with Gasteiger partial charge < -0.3 is 14.5 Å². The van der Waals surface area contributed by atoms with Crippen LogP contribution < -0.4 is 5.56 Å². The van der Waals surface area contributed by atoms with Gasteiger partial charge in [-0.3, -0.25) is 14.4 Å². The lowest BCUT2D eigenvalue weighted by Crippen LogP contribution is -2.54. The highest BCUT2D eigenvalue weighted by atomic mass is 16.5. The van der Waals surface area contributed by atoms with Crippen LogP contribution in [0.3, 0.4) is 0 Å². The molecule has 27 heavy (non-hydrogen) atoms. The zero-order chi connectivity index (χ0) is 19.0. The van der Waals surface area contributed by atoms with E-state index in [1.165, 1.54) is 4.68 Å². The van der Waals surface area contributed by atoms with E-state index in [9.17, 15) is 14.4 Å². The van der Waals surface area contributed by atoms with Crippen LogP contribution in [0.5, 0.6) is 0 Å². The van der Waals surface area contributed by atoms with Crippen molar-refractivity contribution in [3.63, 3.8) is 0 Å². The fourth-order valence-corrected chi connectivity index (χ4v) is 4.18. The van der Waals surface area contributed by atoms with Crippen LogP contribution in [0.2, 0.25) is 0 Å². The van der Waals surface area contributed by atoms with Crippen molar-refractivity contribution in [1.29, 1.82) is 0 Å². The monoisotopic (exact) mass is 374 g/mol. The maximum atomic E-state index is 12.9. The molecule has 3 heterocycles. The minimum absolute atomic E-state index is 0.0316. The Morgan fingerprint density at radius 3 is 2.59 bits per heavy atom. The third kappa shape index (κ3) is 3.50. The van der Waals surface area contributed by atoms with E-state index in [1.807, 2.05) is 0 Å². The van der Waals surface area contributed by atoms with Gasteiger partial charge in [0, 0.05) is 38.9 Å². The molecule has 0 saturated carbocycles. The number of carbonyl (C=O) groups is 2. The number of carbonyl (C=O) groups excluding carboxylic acids is 2. The fourth-order valence-electron chi connectivity index (χ4n) is 4.18. The summed E-state index contributed by atoms with van der Waals surface area (Å²) in [5.74, 6) is -0.0871. The largest absolute Gasteiger partial charge is 0.368 e. The van der Waals surface area contributed by atoms with Gasteiger partial charge in [-0.2, -0.15) is 5.10 Å². The number of ether oxygens (including phenoxy) is 1. The van der Waals surface area contributed by atoms with Crippen molar-refractivity contribution in [2.45, 2.75) is 51.2 Å². The molecule has 146 valence electrons. The van der Waals surface area contributed by atoms with Crippen LogP contribution in [0.25, 0.3) is 0 Å². The van der Waals surface area contributed by atoms with Crippen LogP contribution in [0, 0.1) is 0 Å². The maximum Gasteiger partial charge on any atom is 0.267 e. The van der Waals surface area contributed by atoms with Crippen LogP contribution in [0.4, 0.5) is 0 Å². The lowest BCUT2D eigenvalue weighted by molar-refractivity contribution is -0.147. The Labute approximate surface area is 158 Å². The van der Waals surface area contributed by atoms with Crippen molar-refractivity contribution in [1.82, 2.24) is 19.6 Å². The Morgan fingerprint density at radius 1 is 1.15 bits per heavy atom. The van der Waals surface area contributed by atoms with E-state index in [2.05, 4.69) is 5.10 Å². The van der Waals surface area contributed by atoms with Gasteiger partial charge in [0.2, 0.25) is 5.91 Å². The molecule has 0 bridgehead atoms. The van der Waals surface area contributed by atoms with Gasteiger partial charge in [0.25, 0.3) is 11.5 Å². The molecule has 2 fully saturated rings. The van der Waals surface area contributed by atoms with Gasteiger partial charge in [-0.15, -0.1) is 0 Å². The summed E-state index contributed by atoms with van der Waals surface area (Å²) < 4.78 is 6.79. The smallest absolute Gasteiger partial charge is 0.267 e. The SMILES string of the molecule is C[C@H](C(=O)N1CCN(C(=O)[C@H]2CCCO2)CC1)n1nc2c(cc1=O)CCC2. The van der Waals surface area contributed by atoms with E-state index < -0.39 is 6.04 Å². The average molecular weight is 374 g/mol. The highest BCUT2D eigenvalue weighted by Crippen LogP contribution is 2.19. The van der Waals surface area contributed by atoms with Crippen molar-refractivity contribution in [2.24, 2.45) is 0 Å². The first-order chi connectivity index (χ1) is 13.0. The molecule has 0 aromatic carbocycles. The van der Waals surface area contributed by atoms with Gasteiger partial charge in [-0.25, -0.2) is 4.68 Å². The molecular formula is C19H26N4O4. The van der Waals surface area contributed by atoms with Crippen LogP contribution in [0.1, 0.15) is 43.5 Å². The number of rotatable bonds is 3. The lowest BCUT2D eigenvalue weighted by Gasteiger charge is -2.36. The molecule has 0 spiro atoms. The maximum absolute atomic E-state index is 12.9. The second-order valence-electron chi connectivity index (χ2n) is 7.58. The quantitative estimate of drug-likeness (QED) is 0.752. The standard InChI is InChI=1S/C19H26N4O4/c1-13(23-17(24)12-14-4-2-5-15(14)20-23)18(25)21-7-9-22(10-8-21)19(26)16-6-3-11-27-16/h12-13,16H,2-11H2,1H3/t13-,16-/m1/s1. The van der Waals surface area contributed by atoms with Gasteiger partial charge in [0.05, 0.1) is 5.69 Å². The summed E-state index contributed by atoms with van der Waals surface area (Å²) in [7, 11) is 0. The van der Waals surface area contributed by atoms with Crippen LogP contribution in [0.15, 0.2) is 10.9 Å². The molecule has 3 aliphatic rings. The summed E-state index contributed by atoms with van der Waals surface area (Å²) in [5, 5.41) is 4.44. The molecule has 2 amide bonds. The van der Waals surface area contributed by atoms with Gasteiger partial charge in [0.1, 0.15) is 12.1 Å². The predicted molar refractivity (Wildman–Crippen MR) is 97.4 cm³/mol. The van der Waals surface area contributed by atoms with Crippen molar-refractivity contribution in [3.8, 4) is 0 Å². The molecular weight excluding hydrogens is 348 g/mol. The van der Waals surface area contributed by atoms with E-state index in [4.69, 9.17) is 4.74 Å². The third-order valence-electron chi connectivity index (χ3n) is 5.81.